The molecule has 1 aromatic heterocycles. The molecule has 3 aromatic rings. The Bertz CT molecular complexity index is 1180. The third kappa shape index (κ3) is 2.93. The van der Waals surface area contributed by atoms with Crippen LogP contribution in [0.4, 0.5) is 10.1 Å². The number of benzene rings is 2. The second-order valence-electron chi connectivity index (χ2n) is 7.06. The van der Waals surface area contributed by atoms with E-state index in [0.29, 0.717) is 5.82 Å². The van der Waals surface area contributed by atoms with Gasteiger partial charge in [0, 0.05) is 5.56 Å². The van der Waals surface area contributed by atoms with Crippen molar-refractivity contribution in [2.75, 3.05) is 4.90 Å². The normalized spacial score (nSPS) is 20.3. The second kappa shape index (κ2) is 6.83. The number of halogens is 1. The minimum atomic E-state index is -0.986. The number of hydrogen-bond donors (Lipinski definition) is 0. The summed E-state index contributed by atoms with van der Waals surface area (Å²) in [5.74, 6) is -0.979. The van der Waals surface area contributed by atoms with Crippen molar-refractivity contribution in [2.24, 2.45) is 10.3 Å². The van der Waals surface area contributed by atoms with Crippen LogP contribution in [0.3, 0.4) is 0 Å². The quantitative estimate of drug-likeness (QED) is 0.617. The molecule has 2 aliphatic rings. The van der Waals surface area contributed by atoms with Crippen LogP contribution >= 0.6 is 0 Å². The number of aryl methyl sites for hydroxylation is 1. The van der Waals surface area contributed by atoms with Crippen LogP contribution in [0, 0.1) is 12.7 Å². The zero-order chi connectivity index (χ0) is 20.8. The van der Waals surface area contributed by atoms with Gasteiger partial charge in [-0.15, -0.1) is 0 Å². The predicted molar refractivity (Wildman–Crippen MR) is 101 cm³/mol. The minimum absolute atomic E-state index is 0.0134. The largest absolute Gasteiger partial charge is 0.337 e. The molecular formula is C20H15FN6O3. The highest BCUT2D eigenvalue weighted by atomic mass is 19.1. The van der Waals surface area contributed by atoms with Crippen molar-refractivity contribution < 1.29 is 18.5 Å². The van der Waals surface area contributed by atoms with Gasteiger partial charge in [-0.2, -0.15) is 10.1 Å². The van der Waals surface area contributed by atoms with Gasteiger partial charge in [0.15, 0.2) is 12.1 Å². The van der Waals surface area contributed by atoms with Crippen molar-refractivity contribution in [3.05, 3.63) is 65.8 Å². The molecule has 0 bridgehead atoms. The van der Waals surface area contributed by atoms with E-state index < -0.39 is 29.7 Å². The minimum Gasteiger partial charge on any atom is -0.337 e. The van der Waals surface area contributed by atoms with Crippen LogP contribution in [0.1, 0.15) is 11.5 Å². The maximum Gasteiger partial charge on any atom is 0.263 e. The van der Waals surface area contributed by atoms with Crippen LogP contribution in [0.2, 0.25) is 0 Å². The molecule has 5 rings (SSSR count). The molecule has 0 spiro atoms. The Labute approximate surface area is 169 Å². The third-order valence-corrected chi connectivity index (χ3v) is 5.00. The molecule has 3 heterocycles. The smallest absolute Gasteiger partial charge is 0.263 e. The number of carbonyl (C=O) groups excluding carboxylic acids is 2. The maximum atomic E-state index is 13.6. The summed E-state index contributed by atoms with van der Waals surface area (Å²) < 4.78 is 18.8. The molecule has 0 N–H and O–H groups in total. The van der Waals surface area contributed by atoms with Gasteiger partial charge in [0.1, 0.15) is 12.4 Å². The van der Waals surface area contributed by atoms with Crippen LogP contribution in [-0.4, -0.2) is 39.0 Å². The number of amides is 2. The lowest BCUT2D eigenvalue weighted by Gasteiger charge is -2.19. The molecule has 150 valence electrons. The molecule has 2 amide bonds. The number of rotatable bonds is 4. The van der Waals surface area contributed by atoms with Gasteiger partial charge >= 0.3 is 0 Å². The monoisotopic (exact) mass is 406 g/mol. The zero-order valence-corrected chi connectivity index (χ0v) is 15.8. The molecule has 2 unspecified atom stereocenters. The Hall–Kier alpha value is -3.95. The Morgan fingerprint density at radius 1 is 1.10 bits per heavy atom. The van der Waals surface area contributed by atoms with Crippen molar-refractivity contribution >= 4 is 17.5 Å². The second-order valence-corrected chi connectivity index (χ2v) is 7.06. The van der Waals surface area contributed by atoms with Crippen molar-refractivity contribution in [3.8, 4) is 11.4 Å². The lowest BCUT2D eigenvalue weighted by atomic mass is 10.1. The molecule has 2 atom stereocenters. The molecule has 30 heavy (non-hydrogen) atoms. The van der Waals surface area contributed by atoms with Crippen molar-refractivity contribution in [3.63, 3.8) is 0 Å². The first-order valence-electron chi connectivity index (χ1n) is 9.22. The fourth-order valence-electron chi connectivity index (χ4n) is 3.50. The summed E-state index contributed by atoms with van der Waals surface area (Å²) in [7, 11) is 0. The number of aromatic nitrogens is 2. The van der Waals surface area contributed by atoms with E-state index >= 15 is 0 Å². The van der Waals surface area contributed by atoms with E-state index in [1.165, 1.54) is 23.2 Å². The summed E-state index contributed by atoms with van der Waals surface area (Å²) in [6.45, 7) is 1.99. The van der Waals surface area contributed by atoms with Gasteiger partial charge in [0.05, 0.1) is 5.69 Å². The number of nitrogens with zero attached hydrogens (tertiary/aromatic N) is 6. The van der Waals surface area contributed by atoms with Crippen LogP contribution < -0.4 is 4.90 Å². The van der Waals surface area contributed by atoms with Gasteiger partial charge in [-0.3, -0.25) is 14.6 Å². The van der Waals surface area contributed by atoms with Crippen LogP contribution in [0.15, 0.2) is 63.4 Å². The maximum absolute atomic E-state index is 13.6. The van der Waals surface area contributed by atoms with Crippen molar-refractivity contribution in [2.45, 2.75) is 25.6 Å². The van der Waals surface area contributed by atoms with Crippen molar-refractivity contribution in [1.29, 1.82) is 0 Å². The van der Waals surface area contributed by atoms with E-state index in [0.717, 1.165) is 22.1 Å². The van der Waals surface area contributed by atoms with Gasteiger partial charge in [-0.1, -0.05) is 46.3 Å². The molecule has 1 fully saturated rings. The Balaban J connectivity index is 1.36. The Kier molecular flexibility index (Phi) is 4.12. The molecule has 0 saturated carbocycles. The molecule has 0 radical (unpaired) electrons. The summed E-state index contributed by atoms with van der Waals surface area (Å²) in [6, 6.07) is 11.0. The number of anilines is 1. The lowest BCUT2D eigenvalue weighted by Crippen LogP contribution is -2.39. The van der Waals surface area contributed by atoms with Gasteiger partial charge in [-0.05, 0) is 25.1 Å². The molecule has 0 aliphatic carbocycles. The van der Waals surface area contributed by atoms with E-state index in [1.807, 2.05) is 31.2 Å². The Morgan fingerprint density at radius 3 is 2.67 bits per heavy atom. The Morgan fingerprint density at radius 2 is 1.90 bits per heavy atom. The number of fused-ring (bicyclic) bond motifs is 1. The molecule has 10 heteroatoms. The summed E-state index contributed by atoms with van der Waals surface area (Å²) in [4.78, 5) is 30.9. The van der Waals surface area contributed by atoms with E-state index in [1.54, 1.807) is 0 Å². The van der Waals surface area contributed by atoms with Gasteiger partial charge in [0.25, 0.3) is 11.8 Å². The third-order valence-electron chi connectivity index (χ3n) is 5.00. The number of hydrogen-bond acceptors (Lipinski definition) is 8. The summed E-state index contributed by atoms with van der Waals surface area (Å²) in [6.07, 6.45) is 0. The number of imide groups is 1. The van der Waals surface area contributed by atoms with Crippen LogP contribution in [-0.2, 0) is 16.1 Å². The average molecular weight is 406 g/mol. The molecule has 2 aromatic carbocycles. The first kappa shape index (κ1) is 18.1. The van der Waals surface area contributed by atoms with Gasteiger partial charge in [-0.25, -0.2) is 9.29 Å². The first-order chi connectivity index (χ1) is 14.5. The summed E-state index contributed by atoms with van der Waals surface area (Å²) >= 11 is 0. The topological polar surface area (TPSA) is 104 Å². The molecule has 1 saturated heterocycles. The average Bonchev–Trinajstić information content (AvgIpc) is 3.41. The zero-order valence-electron chi connectivity index (χ0n) is 15.8. The summed E-state index contributed by atoms with van der Waals surface area (Å²) in [5.41, 5.74) is 2.06. The van der Waals surface area contributed by atoms with Crippen LogP contribution in [0.5, 0.6) is 0 Å². The standard InChI is InChI=1S/C20H15FN6O3/c1-11-5-7-12(8-6-11)18-22-15(30-24-18)10-26-17-16(23-25-26)19(28)27(20(17)29)14-4-2-3-13(21)9-14/h2-9,16-17H,10H2,1H3. The fourth-order valence-corrected chi connectivity index (χ4v) is 3.50. The highest BCUT2D eigenvalue weighted by Crippen LogP contribution is 2.33. The molecule has 2 aliphatic heterocycles. The lowest BCUT2D eigenvalue weighted by molar-refractivity contribution is -0.123. The van der Waals surface area contributed by atoms with Crippen LogP contribution in [0.25, 0.3) is 11.4 Å². The SMILES string of the molecule is Cc1ccc(-c2noc(CN3N=NC4C(=O)N(c5cccc(F)c5)C(=O)C43)n2)cc1. The van der Waals surface area contributed by atoms with E-state index in [9.17, 15) is 14.0 Å². The predicted octanol–water partition coefficient (Wildman–Crippen LogP) is 2.68. The highest BCUT2D eigenvalue weighted by molar-refractivity contribution is 6.25. The highest BCUT2D eigenvalue weighted by Gasteiger charge is 2.55. The van der Waals surface area contributed by atoms with Gasteiger partial charge < -0.3 is 4.52 Å². The summed E-state index contributed by atoms with van der Waals surface area (Å²) in [5, 5.41) is 13.2. The van der Waals surface area contributed by atoms with E-state index in [-0.39, 0.29) is 18.1 Å². The first-order valence-corrected chi connectivity index (χ1v) is 9.22. The van der Waals surface area contributed by atoms with Crippen molar-refractivity contribution in [1.82, 2.24) is 15.1 Å². The number of carbonyl (C=O) groups is 2. The van der Waals surface area contributed by atoms with E-state index in [4.69, 9.17) is 4.52 Å². The van der Waals surface area contributed by atoms with Gasteiger partial charge in [0.2, 0.25) is 11.7 Å². The van der Waals surface area contributed by atoms with E-state index in [2.05, 4.69) is 20.5 Å². The molecular weight excluding hydrogens is 391 g/mol. The molecule has 9 nitrogen and oxygen atoms in total. The fraction of sp³-hybridized carbons (Fsp3) is 0.200.